The summed E-state index contributed by atoms with van der Waals surface area (Å²) in [6, 6.07) is 17.1. The topological polar surface area (TPSA) is 66.5 Å². The zero-order chi connectivity index (χ0) is 22.8. The van der Waals surface area contributed by atoms with E-state index in [1.165, 1.54) is 0 Å². The van der Waals surface area contributed by atoms with Gasteiger partial charge in [-0.3, -0.25) is 0 Å². The second-order valence-corrected chi connectivity index (χ2v) is 7.76. The smallest absolute Gasteiger partial charge is 0.338 e. The van der Waals surface area contributed by atoms with Crippen LogP contribution in [0.1, 0.15) is 36.7 Å². The number of nitrogens with zero attached hydrogens (tertiary/aromatic N) is 1. The van der Waals surface area contributed by atoms with Crippen LogP contribution >= 0.6 is 0 Å². The van der Waals surface area contributed by atoms with Gasteiger partial charge in [0.15, 0.2) is 0 Å². The van der Waals surface area contributed by atoms with Crippen molar-refractivity contribution in [1.29, 1.82) is 5.41 Å². The summed E-state index contributed by atoms with van der Waals surface area (Å²) in [6.45, 7) is 10.3. The van der Waals surface area contributed by atoms with E-state index in [2.05, 4.69) is 37.8 Å². The fourth-order valence-corrected chi connectivity index (χ4v) is 4.32. The Morgan fingerprint density at radius 2 is 1.75 bits per heavy atom. The number of nitrogens with one attached hydrogen (secondary N) is 1. The summed E-state index contributed by atoms with van der Waals surface area (Å²) in [7, 11) is 0. The van der Waals surface area contributed by atoms with Crippen molar-refractivity contribution in [2.45, 2.75) is 27.7 Å². The molecule has 1 heterocycles. The first-order valence-electron chi connectivity index (χ1n) is 11.1. The van der Waals surface area contributed by atoms with Crippen molar-refractivity contribution in [1.82, 2.24) is 0 Å². The van der Waals surface area contributed by atoms with Crippen LogP contribution in [0.3, 0.4) is 0 Å². The highest BCUT2D eigenvalue weighted by Crippen LogP contribution is 2.43. The fourth-order valence-electron chi connectivity index (χ4n) is 4.32. The first-order chi connectivity index (χ1) is 15.5. The molecule has 0 atom stereocenters. The van der Waals surface area contributed by atoms with Gasteiger partial charge in [-0.2, -0.15) is 0 Å². The van der Waals surface area contributed by atoms with Crippen LogP contribution in [-0.2, 0) is 4.74 Å². The van der Waals surface area contributed by atoms with Gasteiger partial charge in [-0.25, -0.2) is 4.79 Å². The molecule has 4 rings (SSSR count). The van der Waals surface area contributed by atoms with Gasteiger partial charge in [0, 0.05) is 47.4 Å². The van der Waals surface area contributed by atoms with Gasteiger partial charge >= 0.3 is 5.97 Å². The van der Waals surface area contributed by atoms with E-state index >= 15 is 0 Å². The number of rotatable bonds is 6. The van der Waals surface area contributed by atoms with E-state index in [1.54, 1.807) is 25.1 Å². The standard InChI is InChI=1S/C27H28N2O3/c1-5-29(6-2)23-16-25-22(14-17(23)4)26(21-13-12-18(28)15-24(21)32-25)19-10-8-9-11-20(19)27(30)31-7-3/h8-16,28H,5-7H2,1-4H3. The molecule has 0 radical (unpaired) electrons. The maximum atomic E-state index is 12.8. The third-order valence-electron chi connectivity index (χ3n) is 5.83. The molecule has 1 N–H and O–H groups in total. The molecule has 2 aliphatic rings. The van der Waals surface area contributed by atoms with Crippen molar-refractivity contribution < 1.29 is 13.9 Å². The average Bonchev–Trinajstić information content (AvgIpc) is 2.79. The summed E-state index contributed by atoms with van der Waals surface area (Å²) in [6.07, 6.45) is 0. The summed E-state index contributed by atoms with van der Waals surface area (Å²) in [5, 5.41) is 9.39. The molecule has 2 aromatic carbocycles. The molecule has 0 saturated carbocycles. The molecule has 5 heteroatoms. The lowest BCUT2D eigenvalue weighted by Crippen LogP contribution is -2.22. The normalized spacial score (nSPS) is 11.1. The molecule has 0 fully saturated rings. The molecule has 164 valence electrons. The van der Waals surface area contributed by atoms with Gasteiger partial charge in [-0.05, 0) is 63.1 Å². The second-order valence-electron chi connectivity index (χ2n) is 7.76. The van der Waals surface area contributed by atoms with E-state index in [0.717, 1.165) is 52.0 Å². The maximum Gasteiger partial charge on any atom is 0.338 e. The summed E-state index contributed by atoms with van der Waals surface area (Å²) >= 11 is 0. The summed E-state index contributed by atoms with van der Waals surface area (Å²) < 4.78 is 11.6. The summed E-state index contributed by atoms with van der Waals surface area (Å²) in [5.41, 5.74) is 6.08. The minimum absolute atomic E-state index is 0.313. The Labute approximate surface area is 188 Å². The van der Waals surface area contributed by atoms with Gasteiger partial charge in [-0.1, -0.05) is 18.2 Å². The number of hydrogen-bond donors (Lipinski definition) is 1. The highest BCUT2D eigenvalue weighted by Gasteiger charge is 2.23. The average molecular weight is 429 g/mol. The van der Waals surface area contributed by atoms with Gasteiger partial charge in [0.1, 0.15) is 11.3 Å². The maximum absolute atomic E-state index is 12.8. The van der Waals surface area contributed by atoms with Crippen LogP contribution in [-0.4, -0.2) is 25.7 Å². The SMILES string of the molecule is CCOC(=O)c1ccccc1-c1c2ccc(=N)cc-2oc2cc(N(CC)CC)c(C)cc12. The summed E-state index contributed by atoms with van der Waals surface area (Å²) in [5.74, 6) is 0.270. The van der Waals surface area contributed by atoms with Crippen LogP contribution in [0.15, 0.2) is 59.0 Å². The van der Waals surface area contributed by atoms with Gasteiger partial charge in [-0.15, -0.1) is 0 Å². The number of ether oxygens (including phenoxy) is 1. The van der Waals surface area contributed by atoms with Crippen molar-refractivity contribution in [2.24, 2.45) is 0 Å². The zero-order valence-electron chi connectivity index (χ0n) is 19.0. The molecule has 1 aliphatic heterocycles. The molecule has 0 unspecified atom stereocenters. The Morgan fingerprint density at radius 3 is 2.47 bits per heavy atom. The molecule has 5 nitrogen and oxygen atoms in total. The van der Waals surface area contributed by atoms with Gasteiger partial charge in [0.05, 0.1) is 17.5 Å². The van der Waals surface area contributed by atoms with Crippen LogP contribution < -0.4 is 10.3 Å². The molecular formula is C27H28N2O3. The molecular weight excluding hydrogens is 400 g/mol. The van der Waals surface area contributed by atoms with Crippen molar-refractivity contribution in [3.63, 3.8) is 0 Å². The predicted octanol–water partition coefficient (Wildman–Crippen LogP) is 6.02. The molecule has 0 bridgehead atoms. The zero-order valence-corrected chi connectivity index (χ0v) is 19.0. The number of carbonyl (C=O) groups is 1. The lowest BCUT2D eigenvalue weighted by atomic mass is 9.90. The van der Waals surface area contributed by atoms with Crippen LogP contribution in [0, 0.1) is 12.3 Å². The Balaban J connectivity index is 2.11. The molecule has 0 amide bonds. The number of fused-ring (bicyclic) bond motifs is 2. The van der Waals surface area contributed by atoms with Crippen LogP contribution in [0.4, 0.5) is 5.69 Å². The van der Waals surface area contributed by atoms with Crippen molar-refractivity contribution >= 4 is 22.6 Å². The first kappa shape index (κ1) is 21.6. The lowest BCUT2D eigenvalue weighted by Gasteiger charge is -2.25. The lowest BCUT2D eigenvalue weighted by molar-refractivity contribution is 0.0527. The Kier molecular flexibility index (Phi) is 5.99. The number of anilines is 1. The van der Waals surface area contributed by atoms with E-state index in [4.69, 9.17) is 14.6 Å². The number of carbonyl (C=O) groups excluding carboxylic acids is 1. The molecule has 1 aliphatic carbocycles. The van der Waals surface area contributed by atoms with Crippen molar-refractivity contribution in [2.75, 3.05) is 24.6 Å². The van der Waals surface area contributed by atoms with E-state index in [1.807, 2.05) is 24.3 Å². The van der Waals surface area contributed by atoms with Gasteiger partial charge < -0.3 is 19.5 Å². The Bertz CT molecular complexity index is 1320. The van der Waals surface area contributed by atoms with E-state index in [0.29, 0.717) is 23.3 Å². The minimum atomic E-state index is -0.348. The Morgan fingerprint density at radius 1 is 1.00 bits per heavy atom. The Hall–Kier alpha value is -3.60. The molecule has 32 heavy (non-hydrogen) atoms. The molecule has 0 aromatic heterocycles. The number of aryl methyl sites for hydroxylation is 1. The van der Waals surface area contributed by atoms with E-state index in [-0.39, 0.29) is 5.97 Å². The third kappa shape index (κ3) is 3.75. The molecule has 0 saturated heterocycles. The third-order valence-corrected chi connectivity index (χ3v) is 5.83. The number of benzene rings is 3. The van der Waals surface area contributed by atoms with E-state index in [9.17, 15) is 4.79 Å². The second kappa shape index (κ2) is 8.87. The number of hydrogen-bond acceptors (Lipinski definition) is 5. The highest BCUT2D eigenvalue weighted by molar-refractivity contribution is 6.08. The van der Waals surface area contributed by atoms with Crippen LogP contribution in [0.25, 0.3) is 33.4 Å². The van der Waals surface area contributed by atoms with Gasteiger partial charge in [0.25, 0.3) is 0 Å². The predicted molar refractivity (Wildman–Crippen MR) is 128 cm³/mol. The van der Waals surface area contributed by atoms with Gasteiger partial charge in [0.2, 0.25) is 0 Å². The largest absolute Gasteiger partial charge is 0.462 e. The minimum Gasteiger partial charge on any atom is -0.462 e. The molecule has 2 aromatic rings. The summed E-state index contributed by atoms with van der Waals surface area (Å²) in [4.78, 5) is 15.1. The highest BCUT2D eigenvalue weighted by atomic mass is 16.5. The fraction of sp³-hybridized carbons (Fsp3) is 0.259. The van der Waals surface area contributed by atoms with Crippen LogP contribution in [0.5, 0.6) is 0 Å². The number of esters is 1. The van der Waals surface area contributed by atoms with Crippen molar-refractivity contribution in [3.05, 3.63) is 71.1 Å². The molecule has 0 spiro atoms. The monoisotopic (exact) mass is 428 g/mol. The van der Waals surface area contributed by atoms with E-state index < -0.39 is 0 Å². The first-order valence-corrected chi connectivity index (χ1v) is 11.1. The van der Waals surface area contributed by atoms with Crippen LogP contribution in [0.2, 0.25) is 0 Å². The van der Waals surface area contributed by atoms with Crippen molar-refractivity contribution in [3.8, 4) is 22.5 Å². The quantitative estimate of drug-likeness (QED) is 0.301.